The Labute approximate surface area is 110 Å². The van der Waals surface area contributed by atoms with Gasteiger partial charge in [0.25, 0.3) is 0 Å². The van der Waals surface area contributed by atoms with Gasteiger partial charge < -0.3 is 24.7 Å². The lowest BCUT2D eigenvalue weighted by Crippen LogP contribution is -2.27. The zero-order valence-corrected chi connectivity index (χ0v) is 10.8. The van der Waals surface area contributed by atoms with E-state index in [-0.39, 0.29) is 30.4 Å². The number of methoxy groups -OCH3 is 1. The summed E-state index contributed by atoms with van der Waals surface area (Å²) < 4.78 is 9.53. The summed E-state index contributed by atoms with van der Waals surface area (Å²) in [5, 5.41) is 22.0. The van der Waals surface area contributed by atoms with Gasteiger partial charge in [-0.1, -0.05) is 0 Å². The fourth-order valence-electron chi connectivity index (χ4n) is 1.47. The lowest BCUT2D eigenvalue weighted by atomic mass is 10.1. The molecule has 1 heterocycles. The first kappa shape index (κ1) is 15.2. The molecule has 1 aromatic rings. The van der Waals surface area contributed by atoms with E-state index in [4.69, 9.17) is 4.42 Å². The first-order valence-electron chi connectivity index (χ1n) is 5.74. The summed E-state index contributed by atoms with van der Waals surface area (Å²) in [4.78, 5) is 21.8. The molecule has 19 heavy (non-hydrogen) atoms. The maximum Gasteiger partial charge on any atom is 0.373 e. The normalized spacial score (nSPS) is 13.7. The minimum absolute atomic E-state index is 0.0504. The van der Waals surface area contributed by atoms with Crippen molar-refractivity contribution in [1.29, 1.82) is 0 Å². The number of carbonyl (C=O) groups is 2. The van der Waals surface area contributed by atoms with E-state index in [0.29, 0.717) is 0 Å². The van der Waals surface area contributed by atoms with Gasteiger partial charge in [0.1, 0.15) is 11.9 Å². The van der Waals surface area contributed by atoms with Crippen molar-refractivity contribution in [2.45, 2.75) is 25.6 Å². The average molecular weight is 271 g/mol. The van der Waals surface area contributed by atoms with Crippen LogP contribution >= 0.6 is 0 Å². The van der Waals surface area contributed by atoms with E-state index in [1.165, 1.54) is 26.2 Å². The Morgan fingerprint density at radius 1 is 1.42 bits per heavy atom. The Morgan fingerprint density at radius 3 is 2.68 bits per heavy atom. The van der Waals surface area contributed by atoms with Crippen molar-refractivity contribution in [1.82, 2.24) is 5.32 Å². The van der Waals surface area contributed by atoms with E-state index in [2.05, 4.69) is 10.1 Å². The van der Waals surface area contributed by atoms with E-state index in [1.54, 1.807) is 0 Å². The molecule has 1 aromatic heterocycles. The number of rotatable bonds is 6. The maximum absolute atomic E-state index is 11.2. The van der Waals surface area contributed by atoms with Crippen LogP contribution in [-0.4, -0.2) is 41.8 Å². The van der Waals surface area contributed by atoms with Crippen molar-refractivity contribution in [3.05, 3.63) is 23.7 Å². The second-order valence-corrected chi connectivity index (χ2v) is 3.98. The predicted octanol–water partition coefficient (Wildman–Crippen LogP) is -0.0133. The van der Waals surface area contributed by atoms with E-state index in [9.17, 15) is 19.8 Å². The molecule has 1 amide bonds. The molecule has 2 atom stereocenters. The molecule has 7 heteroatoms. The molecule has 0 radical (unpaired) electrons. The van der Waals surface area contributed by atoms with Gasteiger partial charge in [-0.3, -0.25) is 4.79 Å². The maximum atomic E-state index is 11.2. The second-order valence-electron chi connectivity index (χ2n) is 3.98. The van der Waals surface area contributed by atoms with Gasteiger partial charge in [0.05, 0.1) is 13.2 Å². The zero-order valence-electron chi connectivity index (χ0n) is 10.8. The third-order valence-electron chi connectivity index (χ3n) is 2.48. The third-order valence-corrected chi connectivity index (χ3v) is 2.48. The number of aliphatic hydroxyl groups excluding tert-OH is 2. The smallest absolute Gasteiger partial charge is 0.373 e. The number of ether oxygens (including phenoxy) is 1. The van der Waals surface area contributed by atoms with Gasteiger partial charge in [-0.15, -0.1) is 0 Å². The fourth-order valence-corrected chi connectivity index (χ4v) is 1.47. The Bertz CT molecular complexity index is 441. The van der Waals surface area contributed by atoms with Crippen LogP contribution in [0.1, 0.15) is 35.8 Å². The number of esters is 1. The molecule has 0 spiro atoms. The van der Waals surface area contributed by atoms with Crippen LogP contribution in [0.4, 0.5) is 0 Å². The van der Waals surface area contributed by atoms with Gasteiger partial charge in [-0.05, 0) is 18.6 Å². The molecule has 0 saturated carbocycles. The van der Waals surface area contributed by atoms with Crippen LogP contribution in [-0.2, 0) is 9.53 Å². The third kappa shape index (κ3) is 4.38. The fraction of sp³-hybridized carbons (Fsp3) is 0.500. The van der Waals surface area contributed by atoms with Crippen LogP contribution in [0.5, 0.6) is 0 Å². The standard InChI is InChI=1S/C12H17NO6/c1-7(14)13-6-5-8(15)11(16)9-3-4-10(19-9)12(17)18-2/h3-4,8,11,15-16H,5-6H2,1-2H3,(H,13,14). The lowest BCUT2D eigenvalue weighted by Gasteiger charge is -2.15. The monoisotopic (exact) mass is 271 g/mol. The average Bonchev–Trinajstić information content (AvgIpc) is 2.85. The molecule has 1 rings (SSSR count). The summed E-state index contributed by atoms with van der Waals surface area (Å²) in [5.41, 5.74) is 0. The highest BCUT2D eigenvalue weighted by Gasteiger charge is 2.23. The Hall–Kier alpha value is -1.86. The summed E-state index contributed by atoms with van der Waals surface area (Å²) >= 11 is 0. The van der Waals surface area contributed by atoms with Gasteiger partial charge in [0, 0.05) is 13.5 Å². The molecule has 0 aliphatic heterocycles. The molecule has 3 N–H and O–H groups in total. The SMILES string of the molecule is COC(=O)c1ccc(C(O)C(O)CCNC(C)=O)o1. The minimum atomic E-state index is -1.27. The van der Waals surface area contributed by atoms with Crippen LogP contribution in [0.3, 0.4) is 0 Å². The Kier molecular flexibility index (Phi) is 5.53. The van der Waals surface area contributed by atoms with Crippen molar-refractivity contribution in [3.63, 3.8) is 0 Å². The molecule has 0 bridgehead atoms. The highest BCUT2D eigenvalue weighted by atomic mass is 16.5. The molecule has 0 aliphatic carbocycles. The molecule has 0 aliphatic rings. The van der Waals surface area contributed by atoms with Crippen molar-refractivity contribution >= 4 is 11.9 Å². The number of furan rings is 1. The van der Waals surface area contributed by atoms with E-state index >= 15 is 0 Å². The second kappa shape index (κ2) is 6.91. The first-order valence-corrected chi connectivity index (χ1v) is 5.74. The van der Waals surface area contributed by atoms with Gasteiger partial charge >= 0.3 is 5.97 Å². The number of hydrogen-bond acceptors (Lipinski definition) is 6. The van der Waals surface area contributed by atoms with Crippen LogP contribution in [0.25, 0.3) is 0 Å². The van der Waals surface area contributed by atoms with Crippen LogP contribution in [0.2, 0.25) is 0 Å². The van der Waals surface area contributed by atoms with Crippen molar-refractivity contribution in [2.24, 2.45) is 0 Å². The van der Waals surface area contributed by atoms with Gasteiger partial charge in [-0.2, -0.15) is 0 Å². The van der Waals surface area contributed by atoms with Gasteiger partial charge in [0.2, 0.25) is 11.7 Å². The highest BCUT2D eigenvalue weighted by Crippen LogP contribution is 2.21. The Morgan fingerprint density at radius 2 is 2.11 bits per heavy atom. The molecule has 7 nitrogen and oxygen atoms in total. The van der Waals surface area contributed by atoms with Crippen molar-refractivity contribution < 1.29 is 29.0 Å². The topological polar surface area (TPSA) is 109 Å². The summed E-state index contributed by atoms with van der Waals surface area (Å²) in [5.74, 6) is -0.861. The number of carbonyl (C=O) groups excluding carboxylic acids is 2. The molecule has 2 unspecified atom stereocenters. The van der Waals surface area contributed by atoms with Crippen LogP contribution in [0.15, 0.2) is 16.5 Å². The molecule has 0 aromatic carbocycles. The summed E-state index contributed by atoms with van der Waals surface area (Å²) in [7, 11) is 1.21. The van der Waals surface area contributed by atoms with Crippen LogP contribution in [0, 0.1) is 0 Å². The van der Waals surface area contributed by atoms with E-state index < -0.39 is 18.2 Å². The number of amides is 1. The first-order chi connectivity index (χ1) is 8.95. The largest absolute Gasteiger partial charge is 0.463 e. The van der Waals surface area contributed by atoms with Crippen LogP contribution < -0.4 is 5.32 Å². The van der Waals surface area contributed by atoms with E-state index in [1.807, 2.05) is 0 Å². The minimum Gasteiger partial charge on any atom is -0.463 e. The summed E-state index contributed by atoms with van der Waals surface area (Å²) in [6.07, 6.45) is -2.22. The van der Waals surface area contributed by atoms with Crippen molar-refractivity contribution in [2.75, 3.05) is 13.7 Å². The lowest BCUT2D eigenvalue weighted by molar-refractivity contribution is -0.119. The van der Waals surface area contributed by atoms with Gasteiger partial charge in [0.15, 0.2) is 0 Å². The number of aliphatic hydroxyl groups is 2. The quantitative estimate of drug-likeness (QED) is 0.628. The van der Waals surface area contributed by atoms with E-state index in [0.717, 1.165) is 0 Å². The molecule has 0 saturated heterocycles. The summed E-state index contributed by atoms with van der Waals surface area (Å²) in [6.45, 7) is 1.59. The molecular formula is C12H17NO6. The zero-order chi connectivity index (χ0) is 14.4. The molecular weight excluding hydrogens is 254 g/mol. The summed E-state index contributed by atoms with van der Waals surface area (Å²) in [6, 6.07) is 2.74. The number of nitrogens with one attached hydrogen (secondary N) is 1. The molecule has 0 fully saturated rings. The Balaban J connectivity index is 2.56. The van der Waals surface area contributed by atoms with Gasteiger partial charge in [-0.25, -0.2) is 4.79 Å². The highest BCUT2D eigenvalue weighted by molar-refractivity contribution is 5.86. The molecule has 106 valence electrons. The van der Waals surface area contributed by atoms with Crippen molar-refractivity contribution in [3.8, 4) is 0 Å². The predicted molar refractivity (Wildman–Crippen MR) is 64.3 cm³/mol. The number of hydrogen-bond donors (Lipinski definition) is 3.